The summed E-state index contributed by atoms with van der Waals surface area (Å²) >= 11 is 12.0. The summed E-state index contributed by atoms with van der Waals surface area (Å²) in [6.45, 7) is 3.05. The third kappa shape index (κ3) is 5.51. The number of benzene rings is 2. The number of rotatable bonds is 9. The maximum atomic E-state index is 9.33. The first kappa shape index (κ1) is 19.9. The van der Waals surface area contributed by atoms with Crippen molar-refractivity contribution in [1.29, 1.82) is 0 Å². The van der Waals surface area contributed by atoms with E-state index in [-0.39, 0.29) is 12.6 Å². The molecule has 2 N–H and O–H groups in total. The van der Waals surface area contributed by atoms with Crippen LogP contribution in [0, 0.1) is 0 Å². The predicted octanol–water partition coefficient (Wildman–Crippen LogP) is 4.44. The molecule has 1 unspecified atom stereocenters. The second kappa shape index (κ2) is 9.88. The number of methoxy groups -OCH3 is 1. The van der Waals surface area contributed by atoms with Crippen LogP contribution >= 0.6 is 23.2 Å². The van der Waals surface area contributed by atoms with Gasteiger partial charge in [-0.15, -0.1) is 0 Å². The van der Waals surface area contributed by atoms with E-state index in [2.05, 4.69) is 5.32 Å². The van der Waals surface area contributed by atoms with E-state index in [1.165, 1.54) is 0 Å². The zero-order valence-electron chi connectivity index (χ0n) is 14.4. The topological polar surface area (TPSA) is 50.7 Å². The molecule has 0 amide bonds. The minimum Gasteiger partial charge on any atom is -0.493 e. The Kier molecular flexibility index (Phi) is 7.85. The Balaban J connectivity index is 2.15. The fourth-order valence-corrected chi connectivity index (χ4v) is 2.72. The van der Waals surface area contributed by atoms with Crippen LogP contribution in [0.25, 0.3) is 0 Å². The van der Waals surface area contributed by atoms with Crippen molar-refractivity contribution in [3.63, 3.8) is 0 Å². The zero-order chi connectivity index (χ0) is 18.2. The van der Waals surface area contributed by atoms with E-state index in [1.54, 1.807) is 19.2 Å². The van der Waals surface area contributed by atoms with Gasteiger partial charge in [0.25, 0.3) is 0 Å². The highest BCUT2D eigenvalue weighted by Crippen LogP contribution is 2.32. The Morgan fingerprint density at radius 1 is 1.16 bits per heavy atom. The van der Waals surface area contributed by atoms with E-state index < -0.39 is 0 Å². The lowest BCUT2D eigenvalue weighted by molar-refractivity contribution is 0.236. The van der Waals surface area contributed by atoms with Gasteiger partial charge in [-0.25, -0.2) is 0 Å². The van der Waals surface area contributed by atoms with Gasteiger partial charge in [0.1, 0.15) is 6.61 Å². The largest absolute Gasteiger partial charge is 0.493 e. The van der Waals surface area contributed by atoms with E-state index in [0.717, 1.165) is 17.5 Å². The SMILES string of the molecule is CCC(CO)NCc1cccc(OC)c1OCc1ccc(Cl)c(Cl)c1. The molecule has 0 fully saturated rings. The van der Waals surface area contributed by atoms with Crippen LogP contribution in [-0.4, -0.2) is 24.9 Å². The Hall–Kier alpha value is -1.46. The first-order valence-corrected chi connectivity index (χ1v) is 8.91. The van der Waals surface area contributed by atoms with Crippen LogP contribution < -0.4 is 14.8 Å². The lowest BCUT2D eigenvalue weighted by Gasteiger charge is -2.18. The lowest BCUT2D eigenvalue weighted by Crippen LogP contribution is -2.31. The number of hydrogen-bond donors (Lipinski definition) is 2. The molecule has 0 saturated carbocycles. The number of aliphatic hydroxyl groups excluding tert-OH is 1. The average Bonchev–Trinajstić information content (AvgIpc) is 2.63. The maximum absolute atomic E-state index is 9.33. The van der Waals surface area contributed by atoms with Gasteiger partial charge in [0, 0.05) is 18.2 Å². The summed E-state index contributed by atoms with van der Waals surface area (Å²) in [6, 6.07) is 11.2. The molecule has 136 valence electrons. The zero-order valence-corrected chi connectivity index (χ0v) is 15.9. The first-order valence-electron chi connectivity index (χ1n) is 8.15. The molecule has 0 heterocycles. The minimum atomic E-state index is 0.0501. The van der Waals surface area contributed by atoms with Crippen molar-refractivity contribution in [2.24, 2.45) is 0 Å². The molecule has 25 heavy (non-hydrogen) atoms. The highest BCUT2D eigenvalue weighted by atomic mass is 35.5. The predicted molar refractivity (Wildman–Crippen MR) is 102 cm³/mol. The quantitative estimate of drug-likeness (QED) is 0.671. The Morgan fingerprint density at radius 3 is 2.60 bits per heavy atom. The number of para-hydroxylation sites is 1. The van der Waals surface area contributed by atoms with Gasteiger partial charge < -0.3 is 19.9 Å². The van der Waals surface area contributed by atoms with E-state index in [9.17, 15) is 5.11 Å². The van der Waals surface area contributed by atoms with Crippen LogP contribution in [0.15, 0.2) is 36.4 Å². The fraction of sp³-hybridized carbons (Fsp3) is 0.368. The number of aliphatic hydroxyl groups is 1. The summed E-state index contributed by atoms with van der Waals surface area (Å²) in [6.07, 6.45) is 0.847. The molecule has 0 bridgehead atoms. The maximum Gasteiger partial charge on any atom is 0.166 e. The van der Waals surface area contributed by atoms with E-state index >= 15 is 0 Å². The molecule has 0 aliphatic rings. The third-order valence-electron chi connectivity index (χ3n) is 3.94. The number of halogens is 2. The molecule has 0 aliphatic carbocycles. The van der Waals surface area contributed by atoms with E-state index in [1.807, 2.05) is 31.2 Å². The Bertz CT molecular complexity index is 690. The second-order valence-corrected chi connectivity index (χ2v) is 6.47. The van der Waals surface area contributed by atoms with Crippen molar-refractivity contribution in [3.8, 4) is 11.5 Å². The average molecular weight is 384 g/mol. The molecule has 2 rings (SSSR count). The van der Waals surface area contributed by atoms with Crippen molar-refractivity contribution in [3.05, 3.63) is 57.6 Å². The molecule has 0 aliphatic heterocycles. The summed E-state index contributed by atoms with van der Waals surface area (Å²) in [5, 5.41) is 13.7. The van der Waals surface area contributed by atoms with Crippen molar-refractivity contribution in [2.45, 2.75) is 32.5 Å². The standard InChI is InChI=1S/C19H23Cl2NO3/c1-3-15(11-23)22-10-14-5-4-6-18(24-2)19(14)25-12-13-7-8-16(20)17(21)9-13/h4-9,15,22-23H,3,10-12H2,1-2H3. The van der Waals surface area contributed by atoms with E-state index in [0.29, 0.717) is 34.7 Å². The molecular formula is C19H23Cl2NO3. The molecule has 0 saturated heterocycles. The summed E-state index contributed by atoms with van der Waals surface area (Å²) in [7, 11) is 1.61. The molecule has 6 heteroatoms. The number of nitrogens with one attached hydrogen (secondary N) is 1. The normalized spacial score (nSPS) is 12.0. The van der Waals surface area contributed by atoms with Crippen molar-refractivity contribution in [1.82, 2.24) is 5.32 Å². The molecule has 1 atom stereocenters. The summed E-state index contributed by atoms with van der Waals surface area (Å²) in [5.41, 5.74) is 1.88. The van der Waals surface area contributed by atoms with Crippen LogP contribution in [0.4, 0.5) is 0 Å². The minimum absolute atomic E-state index is 0.0501. The molecule has 0 spiro atoms. The van der Waals surface area contributed by atoms with Gasteiger partial charge in [0.2, 0.25) is 0 Å². The monoisotopic (exact) mass is 383 g/mol. The van der Waals surface area contributed by atoms with Crippen LogP contribution in [-0.2, 0) is 13.2 Å². The summed E-state index contributed by atoms with van der Waals surface area (Å²) in [5.74, 6) is 1.34. The molecule has 0 radical (unpaired) electrons. The number of ether oxygens (including phenoxy) is 2. The van der Waals surface area contributed by atoms with Gasteiger partial charge in [-0.2, -0.15) is 0 Å². The van der Waals surface area contributed by atoms with Crippen LogP contribution in [0.1, 0.15) is 24.5 Å². The molecule has 4 nitrogen and oxygen atoms in total. The van der Waals surface area contributed by atoms with Crippen LogP contribution in [0.2, 0.25) is 10.0 Å². The lowest BCUT2D eigenvalue weighted by atomic mass is 10.1. The highest BCUT2D eigenvalue weighted by Gasteiger charge is 2.13. The van der Waals surface area contributed by atoms with Gasteiger partial charge in [0.15, 0.2) is 11.5 Å². The van der Waals surface area contributed by atoms with Crippen molar-refractivity contribution >= 4 is 23.2 Å². The molecule has 2 aromatic rings. The van der Waals surface area contributed by atoms with Crippen LogP contribution in [0.5, 0.6) is 11.5 Å². The van der Waals surface area contributed by atoms with E-state index in [4.69, 9.17) is 32.7 Å². The van der Waals surface area contributed by atoms with Gasteiger partial charge in [-0.05, 0) is 30.2 Å². The van der Waals surface area contributed by atoms with Gasteiger partial charge in [-0.1, -0.05) is 48.3 Å². The smallest absolute Gasteiger partial charge is 0.166 e. The van der Waals surface area contributed by atoms with Crippen molar-refractivity contribution < 1.29 is 14.6 Å². The Labute approximate surface area is 158 Å². The first-order chi connectivity index (χ1) is 12.1. The highest BCUT2D eigenvalue weighted by molar-refractivity contribution is 6.42. The molecular weight excluding hydrogens is 361 g/mol. The third-order valence-corrected chi connectivity index (χ3v) is 4.68. The van der Waals surface area contributed by atoms with Gasteiger partial charge in [-0.3, -0.25) is 0 Å². The fourth-order valence-electron chi connectivity index (χ4n) is 2.40. The summed E-state index contributed by atoms with van der Waals surface area (Å²) in [4.78, 5) is 0. The van der Waals surface area contributed by atoms with Crippen molar-refractivity contribution in [2.75, 3.05) is 13.7 Å². The van der Waals surface area contributed by atoms with Crippen LogP contribution in [0.3, 0.4) is 0 Å². The summed E-state index contributed by atoms with van der Waals surface area (Å²) < 4.78 is 11.4. The van der Waals surface area contributed by atoms with Gasteiger partial charge in [0.05, 0.1) is 23.8 Å². The molecule has 2 aromatic carbocycles. The van der Waals surface area contributed by atoms with Gasteiger partial charge >= 0.3 is 0 Å². The molecule has 0 aromatic heterocycles. The Morgan fingerprint density at radius 2 is 1.96 bits per heavy atom. The number of hydrogen-bond acceptors (Lipinski definition) is 4. The second-order valence-electron chi connectivity index (χ2n) is 5.65.